The van der Waals surface area contributed by atoms with Crippen LogP contribution in [-0.2, 0) is 4.74 Å². The average molecular weight is 248 g/mol. The van der Waals surface area contributed by atoms with Gasteiger partial charge in [0.05, 0.1) is 22.7 Å². The first kappa shape index (κ1) is 13.3. The molecule has 0 unspecified atom stereocenters. The van der Waals surface area contributed by atoms with E-state index in [-0.39, 0.29) is 29.6 Å². The van der Waals surface area contributed by atoms with E-state index in [1.54, 1.807) is 13.0 Å². The highest BCUT2D eigenvalue weighted by molar-refractivity contribution is 6.01. The van der Waals surface area contributed by atoms with Crippen LogP contribution in [0.1, 0.15) is 33.2 Å². The summed E-state index contributed by atoms with van der Waals surface area (Å²) in [4.78, 5) is 32.3. The molecule has 1 aromatic rings. The van der Waals surface area contributed by atoms with Gasteiger partial charge in [-0.1, -0.05) is 0 Å². The van der Waals surface area contributed by atoms with Crippen LogP contribution in [-0.4, -0.2) is 23.8 Å². The van der Waals surface area contributed by atoms with Crippen molar-refractivity contribution >= 4 is 17.9 Å². The lowest BCUT2D eigenvalue weighted by atomic mass is 10.0. The lowest BCUT2D eigenvalue weighted by molar-refractivity contribution is -0.384. The van der Waals surface area contributed by atoms with Crippen LogP contribution in [0.5, 0.6) is 0 Å². The van der Waals surface area contributed by atoms with Crippen LogP contribution in [0.15, 0.2) is 12.1 Å². The van der Waals surface area contributed by atoms with Crippen LogP contribution in [0, 0.1) is 21.4 Å². The minimum atomic E-state index is -0.856. The standard InChI is InChI=1S/C11H8N2O5/c1-2-18-11(15)10-7(5-12)3-9(13(16)17)4-8(10)6-14/h3-4,6H,2H2,1H3. The molecule has 0 radical (unpaired) electrons. The number of non-ortho nitro benzene ring substituents is 1. The number of nitro benzene ring substituents is 1. The molecule has 1 aromatic carbocycles. The molecule has 0 heterocycles. The fourth-order valence-electron chi connectivity index (χ4n) is 1.37. The van der Waals surface area contributed by atoms with E-state index < -0.39 is 16.6 Å². The number of hydrogen-bond acceptors (Lipinski definition) is 6. The molecule has 0 aliphatic carbocycles. The maximum Gasteiger partial charge on any atom is 0.340 e. The number of carbonyl (C=O) groups excluding carboxylic acids is 2. The van der Waals surface area contributed by atoms with Crippen molar-refractivity contribution in [1.82, 2.24) is 0 Å². The molecule has 0 aliphatic heterocycles. The van der Waals surface area contributed by atoms with Crippen LogP contribution in [0.4, 0.5) is 5.69 Å². The Morgan fingerprint density at radius 2 is 2.28 bits per heavy atom. The number of ether oxygens (including phenoxy) is 1. The van der Waals surface area contributed by atoms with Gasteiger partial charge < -0.3 is 4.74 Å². The number of nitriles is 1. The fraction of sp³-hybridized carbons (Fsp3) is 0.182. The van der Waals surface area contributed by atoms with E-state index in [2.05, 4.69) is 0 Å². The summed E-state index contributed by atoms with van der Waals surface area (Å²) >= 11 is 0. The molecule has 0 spiro atoms. The maximum atomic E-state index is 11.6. The third-order valence-electron chi connectivity index (χ3n) is 2.09. The van der Waals surface area contributed by atoms with Gasteiger partial charge in [0.15, 0.2) is 6.29 Å². The number of carbonyl (C=O) groups is 2. The summed E-state index contributed by atoms with van der Waals surface area (Å²) in [5, 5.41) is 19.5. The Labute approximate surface area is 102 Å². The lowest BCUT2D eigenvalue weighted by Gasteiger charge is -2.06. The van der Waals surface area contributed by atoms with Gasteiger partial charge in [0.25, 0.3) is 5.69 Å². The van der Waals surface area contributed by atoms with Crippen molar-refractivity contribution < 1.29 is 19.2 Å². The molecule has 0 N–H and O–H groups in total. The Bertz CT molecular complexity index is 559. The van der Waals surface area contributed by atoms with Gasteiger partial charge in [0.2, 0.25) is 0 Å². The molecule has 0 aromatic heterocycles. The van der Waals surface area contributed by atoms with Gasteiger partial charge in [-0.25, -0.2) is 4.79 Å². The molecule has 7 heteroatoms. The Kier molecular flexibility index (Phi) is 4.10. The van der Waals surface area contributed by atoms with E-state index in [0.29, 0.717) is 0 Å². The van der Waals surface area contributed by atoms with Crippen molar-refractivity contribution in [2.24, 2.45) is 0 Å². The minimum absolute atomic E-state index is 0.0684. The van der Waals surface area contributed by atoms with Gasteiger partial charge in [0, 0.05) is 17.7 Å². The number of benzene rings is 1. The van der Waals surface area contributed by atoms with Gasteiger partial charge >= 0.3 is 5.97 Å². The molecule has 1 rings (SSSR count). The first-order valence-electron chi connectivity index (χ1n) is 4.90. The summed E-state index contributed by atoms with van der Waals surface area (Å²) in [6.45, 7) is 1.63. The molecule has 92 valence electrons. The van der Waals surface area contributed by atoms with E-state index in [9.17, 15) is 19.7 Å². The summed E-state index contributed by atoms with van der Waals surface area (Å²) in [5.74, 6) is -0.856. The van der Waals surface area contributed by atoms with E-state index in [0.717, 1.165) is 12.1 Å². The Hall–Kier alpha value is -2.75. The van der Waals surface area contributed by atoms with Crippen LogP contribution in [0.3, 0.4) is 0 Å². The number of esters is 1. The lowest BCUT2D eigenvalue weighted by Crippen LogP contribution is -2.11. The van der Waals surface area contributed by atoms with Crippen molar-refractivity contribution in [2.75, 3.05) is 6.61 Å². The Balaban J connectivity index is 3.50. The van der Waals surface area contributed by atoms with E-state index in [1.807, 2.05) is 0 Å². The molecule has 0 saturated carbocycles. The molecular weight excluding hydrogens is 240 g/mol. The highest BCUT2D eigenvalue weighted by atomic mass is 16.6. The summed E-state index contributed by atoms with van der Waals surface area (Å²) in [7, 11) is 0. The third-order valence-corrected chi connectivity index (χ3v) is 2.09. The predicted molar refractivity (Wildman–Crippen MR) is 59.2 cm³/mol. The van der Waals surface area contributed by atoms with Crippen molar-refractivity contribution in [2.45, 2.75) is 6.92 Å². The number of aldehydes is 1. The van der Waals surface area contributed by atoms with E-state index in [4.69, 9.17) is 10.00 Å². The fourth-order valence-corrected chi connectivity index (χ4v) is 1.37. The number of hydrogen-bond donors (Lipinski definition) is 0. The van der Waals surface area contributed by atoms with Crippen LogP contribution in [0.2, 0.25) is 0 Å². The van der Waals surface area contributed by atoms with Gasteiger partial charge in [0.1, 0.15) is 6.07 Å². The van der Waals surface area contributed by atoms with Crippen LogP contribution < -0.4 is 0 Å². The zero-order valence-corrected chi connectivity index (χ0v) is 9.37. The smallest absolute Gasteiger partial charge is 0.340 e. The van der Waals surface area contributed by atoms with Crippen molar-refractivity contribution in [1.29, 1.82) is 5.26 Å². The Morgan fingerprint density at radius 1 is 1.61 bits per heavy atom. The normalized spacial score (nSPS) is 9.33. The van der Waals surface area contributed by atoms with Crippen LogP contribution >= 0.6 is 0 Å². The first-order valence-corrected chi connectivity index (χ1v) is 4.90. The van der Waals surface area contributed by atoms with E-state index >= 15 is 0 Å². The van der Waals surface area contributed by atoms with Crippen molar-refractivity contribution in [3.8, 4) is 6.07 Å². The molecule has 0 fully saturated rings. The average Bonchev–Trinajstić information content (AvgIpc) is 2.36. The zero-order chi connectivity index (χ0) is 13.7. The van der Waals surface area contributed by atoms with Gasteiger partial charge in [-0.3, -0.25) is 14.9 Å². The molecular formula is C11H8N2O5. The summed E-state index contributed by atoms with van der Waals surface area (Å²) < 4.78 is 4.69. The number of nitrogens with zero attached hydrogens (tertiary/aromatic N) is 2. The highest BCUT2D eigenvalue weighted by Gasteiger charge is 2.22. The molecule has 0 bridgehead atoms. The molecule has 0 atom stereocenters. The summed E-state index contributed by atoms with van der Waals surface area (Å²) in [5.41, 5.74) is -1.18. The zero-order valence-electron chi connectivity index (χ0n) is 9.37. The predicted octanol–water partition coefficient (Wildman–Crippen LogP) is 1.46. The highest BCUT2D eigenvalue weighted by Crippen LogP contribution is 2.22. The van der Waals surface area contributed by atoms with Crippen molar-refractivity contribution in [3.05, 3.63) is 38.9 Å². The molecule has 0 saturated heterocycles. The second kappa shape index (κ2) is 5.54. The second-order valence-corrected chi connectivity index (χ2v) is 3.16. The van der Waals surface area contributed by atoms with Crippen LogP contribution in [0.25, 0.3) is 0 Å². The molecule has 0 amide bonds. The number of rotatable bonds is 4. The number of nitro groups is 1. The third kappa shape index (κ3) is 2.49. The van der Waals surface area contributed by atoms with Gasteiger partial charge in [-0.15, -0.1) is 0 Å². The second-order valence-electron chi connectivity index (χ2n) is 3.16. The maximum absolute atomic E-state index is 11.6. The topological polar surface area (TPSA) is 110 Å². The minimum Gasteiger partial charge on any atom is -0.462 e. The monoisotopic (exact) mass is 248 g/mol. The first-order chi connectivity index (χ1) is 8.54. The summed E-state index contributed by atoms with van der Waals surface area (Å²) in [6, 6.07) is 3.50. The molecule has 0 aliphatic rings. The molecule has 18 heavy (non-hydrogen) atoms. The molecule has 7 nitrogen and oxygen atoms in total. The SMILES string of the molecule is CCOC(=O)c1c(C#N)cc([N+](=O)[O-])cc1C=O. The van der Waals surface area contributed by atoms with Crippen molar-refractivity contribution in [3.63, 3.8) is 0 Å². The quantitative estimate of drug-likeness (QED) is 0.345. The van der Waals surface area contributed by atoms with Gasteiger partial charge in [-0.05, 0) is 6.92 Å². The summed E-state index contributed by atoms with van der Waals surface area (Å²) in [6.07, 6.45) is 0.278. The van der Waals surface area contributed by atoms with Gasteiger partial charge in [-0.2, -0.15) is 5.26 Å². The Morgan fingerprint density at radius 3 is 2.72 bits per heavy atom. The largest absolute Gasteiger partial charge is 0.462 e. The van der Waals surface area contributed by atoms with E-state index in [1.165, 1.54) is 0 Å².